The molecule has 2 aliphatic rings. The SMILES string of the molecule is N=N/C(=C\Nc1ccc(C(=O)NCCCC[C@H](NC(=O)CC[C@H](NC(=O)CC[C@H](NC(=O)c2ccc(NCc3cnc4nc(N)nc(O)c4n3)cc2)C(=O)O)C(=O)O)C(=O)O)cc1)OC(=O)NCCNC(=S)Nc1ccc2c(c1)C(=O)OC21c2ccc(O)cc2Oc2cc(O)ccc21. The van der Waals surface area contributed by atoms with Crippen LogP contribution in [0.15, 0.2) is 127 Å². The Bertz CT molecular complexity index is 4260. The number of amides is 5. The first kappa shape index (κ1) is 69.5. The molecule has 3 atom stereocenters. The van der Waals surface area contributed by atoms with Crippen LogP contribution in [0, 0.1) is 5.53 Å². The van der Waals surface area contributed by atoms with Crippen molar-refractivity contribution in [3.63, 3.8) is 0 Å². The summed E-state index contributed by atoms with van der Waals surface area (Å²) in [4.78, 5) is 130. The lowest BCUT2D eigenvalue weighted by Gasteiger charge is -2.36. The summed E-state index contributed by atoms with van der Waals surface area (Å²) in [7, 11) is 0. The molecule has 0 saturated heterocycles. The van der Waals surface area contributed by atoms with Gasteiger partial charge in [-0.05, 0) is 129 Å². The van der Waals surface area contributed by atoms with Gasteiger partial charge in [0.2, 0.25) is 23.6 Å². The van der Waals surface area contributed by atoms with E-state index in [1.807, 2.05) is 0 Å². The number of phenols is 2. The number of alkyl carbamates (subject to hydrolysis) is 1. The maximum Gasteiger partial charge on any atom is 0.414 e. The first-order valence-electron chi connectivity index (χ1n) is 29.8. The number of phenolic OH excluding ortho intramolecular Hbond substituents is 2. The number of thiocarbonyl (C=S) groups is 1. The number of unbranched alkanes of at least 4 members (excludes halogenated alkanes) is 1. The number of esters is 1. The average Bonchev–Trinajstić information content (AvgIpc) is 1.56. The number of benzene rings is 5. The molecule has 508 valence electrons. The number of nitrogens with zero attached hydrogens (tertiary/aromatic N) is 5. The molecule has 0 bridgehead atoms. The third-order valence-electron chi connectivity index (χ3n) is 15.0. The molecule has 0 aliphatic carbocycles. The van der Waals surface area contributed by atoms with Crippen LogP contribution in [0.3, 0.4) is 0 Å². The van der Waals surface area contributed by atoms with Gasteiger partial charge in [-0.15, -0.1) is 5.11 Å². The van der Waals surface area contributed by atoms with Gasteiger partial charge in [0.25, 0.3) is 17.7 Å². The van der Waals surface area contributed by atoms with E-state index in [1.165, 1.54) is 79.0 Å². The van der Waals surface area contributed by atoms with E-state index in [2.05, 4.69) is 72.9 Å². The van der Waals surface area contributed by atoms with Gasteiger partial charge in [-0.3, -0.25) is 19.2 Å². The maximum absolute atomic E-state index is 13.5. The van der Waals surface area contributed by atoms with E-state index < -0.39 is 115 Å². The normalized spacial score (nSPS) is 13.2. The van der Waals surface area contributed by atoms with Crippen molar-refractivity contribution < 1.29 is 88.0 Å². The molecule has 5 aromatic carbocycles. The molecule has 0 saturated carbocycles. The Kier molecular flexibility index (Phi) is 22.3. The Morgan fingerprint density at radius 3 is 1.85 bits per heavy atom. The molecule has 0 fully saturated rings. The Labute approximate surface area is 559 Å². The van der Waals surface area contributed by atoms with Crippen molar-refractivity contribution in [2.45, 2.75) is 75.2 Å². The number of carboxylic acids is 3. The quantitative estimate of drug-likeness (QED) is 0.00950. The van der Waals surface area contributed by atoms with Crippen LogP contribution in [-0.4, -0.2) is 147 Å². The van der Waals surface area contributed by atoms with Crippen LogP contribution in [0.5, 0.6) is 28.9 Å². The smallest absolute Gasteiger partial charge is 0.414 e. The van der Waals surface area contributed by atoms with Crippen molar-refractivity contribution >= 4 is 105 Å². The van der Waals surface area contributed by atoms with Crippen LogP contribution < -0.4 is 58.3 Å². The molecule has 98 heavy (non-hydrogen) atoms. The number of anilines is 4. The van der Waals surface area contributed by atoms with Gasteiger partial charge >= 0.3 is 30.0 Å². The first-order valence-corrected chi connectivity index (χ1v) is 30.2. The maximum atomic E-state index is 13.5. The molecule has 5 amide bonds. The monoisotopic (exact) mass is 1360 g/mol. The summed E-state index contributed by atoms with van der Waals surface area (Å²) >= 11 is 5.44. The number of nitrogens with one attached hydrogen (secondary N) is 10. The van der Waals surface area contributed by atoms with Gasteiger partial charge in [0.15, 0.2) is 21.9 Å². The summed E-state index contributed by atoms with van der Waals surface area (Å²) < 4.78 is 17.2. The topological polar surface area (TPSA) is 525 Å². The number of ether oxygens (including phenoxy) is 3. The fourth-order valence-electron chi connectivity index (χ4n) is 10.2. The molecule has 35 heteroatoms. The van der Waals surface area contributed by atoms with Crippen molar-refractivity contribution in [3.8, 4) is 28.9 Å². The van der Waals surface area contributed by atoms with Crippen LogP contribution in [0.1, 0.15) is 98.4 Å². The van der Waals surface area contributed by atoms with Crippen molar-refractivity contribution in [1.82, 2.24) is 51.8 Å². The van der Waals surface area contributed by atoms with E-state index in [0.29, 0.717) is 45.9 Å². The number of nitrogens with two attached hydrogens (primary N) is 1. The van der Waals surface area contributed by atoms with Gasteiger partial charge in [0.1, 0.15) is 41.1 Å². The number of aromatic nitrogens is 4. The highest BCUT2D eigenvalue weighted by molar-refractivity contribution is 7.80. The van der Waals surface area contributed by atoms with Gasteiger partial charge in [0.05, 0.1) is 30.2 Å². The lowest BCUT2D eigenvalue weighted by molar-refractivity contribution is -0.143. The summed E-state index contributed by atoms with van der Waals surface area (Å²) in [6.07, 6.45) is 0.126. The highest BCUT2D eigenvalue weighted by Crippen LogP contribution is 2.57. The molecule has 1 spiro atoms. The second-order valence-electron chi connectivity index (χ2n) is 21.8. The van der Waals surface area contributed by atoms with Crippen LogP contribution in [0.25, 0.3) is 11.2 Å². The largest absolute Gasteiger partial charge is 0.508 e. The molecule has 0 unspecified atom stereocenters. The van der Waals surface area contributed by atoms with Gasteiger partial charge in [-0.1, -0.05) is 6.07 Å². The second-order valence-corrected chi connectivity index (χ2v) is 22.2. The minimum absolute atomic E-state index is 0.00842. The Morgan fingerprint density at radius 2 is 1.22 bits per heavy atom. The molecule has 2 aromatic heterocycles. The van der Waals surface area contributed by atoms with E-state index in [9.17, 15) is 73.8 Å². The van der Waals surface area contributed by atoms with Crippen molar-refractivity contribution in [2.75, 3.05) is 41.3 Å². The number of rotatable bonds is 30. The summed E-state index contributed by atoms with van der Waals surface area (Å²) in [5.41, 5.74) is 15.5. The van der Waals surface area contributed by atoms with Gasteiger partial charge in [-0.2, -0.15) is 9.97 Å². The predicted octanol–water partition coefficient (Wildman–Crippen LogP) is 4.74. The first-order chi connectivity index (χ1) is 47.0. The molecule has 34 nitrogen and oxygen atoms in total. The van der Waals surface area contributed by atoms with Crippen LogP contribution in [-0.2, 0) is 45.6 Å². The third-order valence-corrected chi connectivity index (χ3v) is 15.2. The van der Waals surface area contributed by atoms with Crippen molar-refractivity contribution in [2.24, 2.45) is 5.11 Å². The average molecular weight is 1360 g/mol. The lowest BCUT2D eigenvalue weighted by Crippen LogP contribution is -2.45. The standard InChI is InChI=1S/C63H62N16O18S/c64-60-77-52-51(55(86)78-60)72-36(29-71-52)28-69-33-10-6-32(7-11-33)54(85)76-45(58(91)92)19-21-49(83)75-44(57(89)90)18-20-48(82)74-43(56(87)88)3-1-2-22-66-53(84)31-4-8-34(9-5-31)70-30-50(79-65)96-62(94)68-24-23-67-61(98)73-35-12-15-40-39(25-35)59(93)97-63(40)41-16-13-37(80)26-46(41)95-47-27-38(81)14-17-42(47)63/h4-17,25-27,29-30,43-45,65,69-70,80-81H,1-3,18-24,28H2,(H,66,84)(H,68,94)(H,74,82)(H,75,83)(H,76,85)(H,87,88)(H,89,90)(H,91,92)(H2,67,73,98)(H3,64,71,77,78,86)/b50-30+,79-65?/t43-,44-,45-/m0/s1. The Morgan fingerprint density at radius 1 is 0.653 bits per heavy atom. The molecular weight excluding hydrogens is 1300 g/mol. The summed E-state index contributed by atoms with van der Waals surface area (Å²) in [5.74, 6) is -8.69. The highest BCUT2D eigenvalue weighted by atomic mass is 32.1. The van der Waals surface area contributed by atoms with E-state index in [-0.39, 0.29) is 101 Å². The van der Waals surface area contributed by atoms with Gasteiger partial charge in [0, 0.05) is 89.5 Å². The number of carbonyl (C=O) groups excluding carboxylic acids is 6. The molecular formula is C63H62N16O18S. The van der Waals surface area contributed by atoms with Crippen molar-refractivity contribution in [3.05, 3.63) is 160 Å². The summed E-state index contributed by atoms with van der Waals surface area (Å²) in [6, 6.07) is 21.2. The number of carboxylic acid groups (broad SMARTS) is 3. The number of nitrogen functional groups attached to an aromatic ring is 1. The molecule has 4 heterocycles. The molecule has 2 aliphatic heterocycles. The zero-order valence-corrected chi connectivity index (χ0v) is 52.1. The van der Waals surface area contributed by atoms with Crippen LogP contribution >= 0.6 is 12.2 Å². The number of hydrogen-bond acceptors (Lipinski definition) is 25. The zero-order chi connectivity index (χ0) is 70.2. The fourth-order valence-corrected chi connectivity index (χ4v) is 10.4. The number of aliphatic carboxylic acids is 3. The number of aromatic hydroxyl groups is 3. The second kappa shape index (κ2) is 31.4. The summed E-state index contributed by atoms with van der Waals surface area (Å²) in [6.45, 7) is 0.392. The minimum atomic E-state index is -1.62. The number of fused-ring (bicyclic) bond motifs is 7. The molecule has 7 aromatic rings. The number of carbonyl (C=O) groups is 9. The zero-order valence-electron chi connectivity index (χ0n) is 51.3. The lowest BCUT2D eigenvalue weighted by atomic mass is 9.77. The Hall–Kier alpha value is -12.8. The third kappa shape index (κ3) is 17.5. The molecule has 9 rings (SSSR count). The molecule has 18 N–H and O–H groups in total. The predicted molar refractivity (Wildman–Crippen MR) is 348 cm³/mol. The van der Waals surface area contributed by atoms with E-state index in [1.54, 1.807) is 30.3 Å². The summed E-state index contributed by atoms with van der Waals surface area (Å²) in [5, 5.41) is 87.0. The minimum Gasteiger partial charge on any atom is -0.508 e. The van der Waals surface area contributed by atoms with Crippen LogP contribution in [0.4, 0.5) is 27.8 Å². The fraction of sp³-hybridized carbons (Fsp3) is 0.238. The van der Waals surface area contributed by atoms with Gasteiger partial charge < -0.3 is 98.4 Å². The van der Waals surface area contributed by atoms with E-state index in [4.69, 9.17) is 37.7 Å². The van der Waals surface area contributed by atoms with E-state index in [0.717, 1.165) is 6.20 Å². The van der Waals surface area contributed by atoms with E-state index >= 15 is 0 Å². The number of hydrogen-bond donors (Lipinski definition) is 17. The van der Waals surface area contributed by atoms with Crippen molar-refractivity contribution in [1.29, 1.82) is 5.53 Å². The highest BCUT2D eigenvalue weighted by Gasteiger charge is 2.54. The van der Waals surface area contributed by atoms with Crippen LogP contribution in [0.2, 0.25) is 0 Å². The Balaban J connectivity index is 0.630. The molecule has 0 radical (unpaired) electrons. The van der Waals surface area contributed by atoms with Gasteiger partial charge in [-0.25, -0.2) is 39.5 Å².